The van der Waals surface area contributed by atoms with Gasteiger partial charge in [-0.2, -0.15) is 13.2 Å². The van der Waals surface area contributed by atoms with Crippen molar-refractivity contribution < 1.29 is 23.1 Å². The molecule has 1 fully saturated rings. The fraction of sp³-hybridized carbons (Fsp3) is 0.238. The molecule has 1 aliphatic rings. The lowest BCUT2D eigenvalue weighted by atomic mass is 10.0. The summed E-state index contributed by atoms with van der Waals surface area (Å²) in [5, 5.41) is 8.35. The van der Waals surface area contributed by atoms with E-state index in [1.165, 1.54) is 29.4 Å². The molecule has 2 heterocycles. The van der Waals surface area contributed by atoms with Gasteiger partial charge in [-0.1, -0.05) is 48.5 Å². The lowest BCUT2D eigenvalue weighted by Crippen LogP contribution is -2.21. The molecule has 4 rings (SSSR count). The van der Waals surface area contributed by atoms with Crippen LogP contribution in [-0.2, 0) is 4.79 Å². The van der Waals surface area contributed by atoms with E-state index in [2.05, 4.69) is 65.6 Å². The van der Waals surface area contributed by atoms with Crippen molar-refractivity contribution in [1.82, 2.24) is 4.98 Å². The molecule has 0 atom stereocenters. The largest absolute Gasteiger partial charge is 0.490 e. The summed E-state index contributed by atoms with van der Waals surface area (Å²) in [5.41, 5.74) is 3.63. The van der Waals surface area contributed by atoms with Gasteiger partial charge in [0, 0.05) is 18.5 Å². The summed E-state index contributed by atoms with van der Waals surface area (Å²) in [6, 6.07) is 21.3. The predicted molar refractivity (Wildman–Crippen MR) is 102 cm³/mol. The van der Waals surface area contributed by atoms with Crippen molar-refractivity contribution in [2.75, 3.05) is 18.0 Å². The molecular weight excluding hydrogens is 369 g/mol. The van der Waals surface area contributed by atoms with Crippen LogP contribution in [0.5, 0.6) is 0 Å². The van der Waals surface area contributed by atoms with Crippen molar-refractivity contribution in [3.05, 3.63) is 60.7 Å². The Morgan fingerprint density at radius 2 is 1.54 bits per heavy atom. The van der Waals surface area contributed by atoms with Gasteiger partial charge in [0.15, 0.2) is 0 Å². The third-order valence-corrected chi connectivity index (χ3v) is 4.46. The normalized spacial score (nSPS) is 13.9. The number of fused-ring (bicyclic) bond motifs is 1. The number of halogens is 3. The van der Waals surface area contributed by atoms with Crippen LogP contribution in [0.25, 0.3) is 22.0 Å². The lowest BCUT2D eigenvalue weighted by Gasteiger charge is -2.18. The van der Waals surface area contributed by atoms with Crippen LogP contribution in [0, 0.1) is 0 Å². The zero-order chi connectivity index (χ0) is 20.1. The SMILES string of the molecule is O=C(O)C(F)(F)F.c1ccc(-c2cc(N3CCCC3)nc3ccccc23)cc1. The van der Waals surface area contributed by atoms with Gasteiger partial charge in [0.2, 0.25) is 0 Å². The topological polar surface area (TPSA) is 53.4 Å². The van der Waals surface area contributed by atoms with Crippen LogP contribution in [0.4, 0.5) is 19.0 Å². The number of aromatic nitrogens is 1. The van der Waals surface area contributed by atoms with Crippen LogP contribution in [-0.4, -0.2) is 35.3 Å². The van der Waals surface area contributed by atoms with Crippen LogP contribution >= 0.6 is 0 Å². The quantitative estimate of drug-likeness (QED) is 0.661. The smallest absolute Gasteiger partial charge is 0.475 e. The number of nitrogens with zero attached hydrogens (tertiary/aromatic N) is 2. The van der Waals surface area contributed by atoms with Gasteiger partial charge >= 0.3 is 12.1 Å². The Balaban J connectivity index is 0.000000279. The Labute approximate surface area is 160 Å². The average molecular weight is 388 g/mol. The summed E-state index contributed by atoms with van der Waals surface area (Å²) in [7, 11) is 0. The van der Waals surface area contributed by atoms with Gasteiger partial charge in [0.05, 0.1) is 5.52 Å². The highest BCUT2D eigenvalue weighted by Gasteiger charge is 2.38. The van der Waals surface area contributed by atoms with E-state index < -0.39 is 12.1 Å². The van der Waals surface area contributed by atoms with Gasteiger partial charge in [-0.05, 0) is 36.1 Å². The molecule has 0 amide bonds. The molecule has 1 aromatic heterocycles. The molecule has 1 N–H and O–H groups in total. The monoisotopic (exact) mass is 388 g/mol. The Morgan fingerprint density at radius 1 is 0.964 bits per heavy atom. The first-order valence-electron chi connectivity index (χ1n) is 8.86. The number of para-hydroxylation sites is 1. The minimum Gasteiger partial charge on any atom is -0.475 e. The van der Waals surface area contributed by atoms with Crippen molar-refractivity contribution in [1.29, 1.82) is 0 Å². The molecule has 1 aliphatic heterocycles. The molecule has 7 heteroatoms. The predicted octanol–water partition coefficient (Wildman–Crippen LogP) is 5.14. The Morgan fingerprint density at radius 3 is 2.14 bits per heavy atom. The molecule has 0 spiro atoms. The number of pyridine rings is 1. The van der Waals surface area contributed by atoms with E-state index in [-0.39, 0.29) is 0 Å². The minimum atomic E-state index is -5.08. The van der Waals surface area contributed by atoms with Crippen molar-refractivity contribution in [2.45, 2.75) is 19.0 Å². The number of anilines is 1. The van der Waals surface area contributed by atoms with Gasteiger partial charge in [-0.25, -0.2) is 9.78 Å². The fourth-order valence-electron chi connectivity index (χ4n) is 3.13. The van der Waals surface area contributed by atoms with Crippen LogP contribution in [0.3, 0.4) is 0 Å². The third-order valence-electron chi connectivity index (χ3n) is 4.46. The standard InChI is InChI=1S/C19H18N2.C2HF3O2/c1-2-8-15(9-3-1)17-14-19(21-12-6-7-13-21)20-18-11-5-4-10-16(17)18;3-2(4,5)1(6)7/h1-5,8-11,14H,6-7,12-13H2;(H,6,7). The van der Waals surface area contributed by atoms with Crippen LogP contribution < -0.4 is 4.90 Å². The number of benzene rings is 2. The molecule has 1 saturated heterocycles. The third kappa shape index (κ3) is 4.60. The molecule has 146 valence electrons. The number of carbonyl (C=O) groups is 1. The van der Waals surface area contributed by atoms with Crippen molar-refractivity contribution in [3.8, 4) is 11.1 Å². The molecule has 28 heavy (non-hydrogen) atoms. The van der Waals surface area contributed by atoms with E-state index in [9.17, 15) is 13.2 Å². The maximum atomic E-state index is 10.6. The van der Waals surface area contributed by atoms with E-state index in [1.54, 1.807) is 0 Å². The molecule has 0 bridgehead atoms. The number of carboxylic acids is 1. The van der Waals surface area contributed by atoms with Crippen LogP contribution in [0.1, 0.15) is 12.8 Å². The fourth-order valence-corrected chi connectivity index (χ4v) is 3.13. The molecule has 4 nitrogen and oxygen atoms in total. The summed E-state index contributed by atoms with van der Waals surface area (Å²) in [6.07, 6.45) is -2.54. The molecule has 0 aliphatic carbocycles. The highest BCUT2D eigenvalue weighted by Crippen LogP contribution is 2.32. The summed E-state index contributed by atoms with van der Waals surface area (Å²) in [6.45, 7) is 2.25. The van der Waals surface area contributed by atoms with Crippen molar-refractivity contribution in [2.24, 2.45) is 0 Å². The van der Waals surface area contributed by atoms with E-state index >= 15 is 0 Å². The van der Waals surface area contributed by atoms with Gasteiger partial charge in [0.1, 0.15) is 5.82 Å². The van der Waals surface area contributed by atoms with E-state index in [4.69, 9.17) is 14.9 Å². The number of carboxylic acid groups (broad SMARTS) is 1. The minimum absolute atomic E-state index is 1.08. The zero-order valence-electron chi connectivity index (χ0n) is 15.0. The van der Waals surface area contributed by atoms with Crippen molar-refractivity contribution in [3.63, 3.8) is 0 Å². The highest BCUT2D eigenvalue weighted by molar-refractivity contribution is 5.96. The lowest BCUT2D eigenvalue weighted by molar-refractivity contribution is -0.192. The number of aliphatic carboxylic acids is 1. The van der Waals surface area contributed by atoms with E-state index in [0.29, 0.717) is 0 Å². The van der Waals surface area contributed by atoms with E-state index in [1.807, 2.05) is 0 Å². The van der Waals surface area contributed by atoms with E-state index in [0.717, 1.165) is 24.4 Å². The first kappa shape index (κ1) is 19.7. The molecule has 2 aromatic carbocycles. The molecular formula is C21H19F3N2O2. The second kappa shape index (κ2) is 8.29. The summed E-state index contributed by atoms with van der Waals surface area (Å²) in [4.78, 5) is 16.2. The summed E-state index contributed by atoms with van der Waals surface area (Å²) in [5.74, 6) is -1.64. The second-order valence-electron chi connectivity index (χ2n) is 6.41. The molecule has 3 aromatic rings. The zero-order valence-corrected chi connectivity index (χ0v) is 15.0. The number of hydrogen-bond acceptors (Lipinski definition) is 3. The molecule has 0 unspecified atom stereocenters. The first-order valence-corrected chi connectivity index (χ1v) is 8.86. The molecule has 0 radical (unpaired) electrons. The maximum Gasteiger partial charge on any atom is 0.490 e. The van der Waals surface area contributed by atoms with Gasteiger partial charge in [-0.3, -0.25) is 0 Å². The van der Waals surface area contributed by atoms with Gasteiger partial charge < -0.3 is 10.0 Å². The summed E-state index contributed by atoms with van der Waals surface area (Å²) >= 11 is 0. The van der Waals surface area contributed by atoms with Crippen LogP contribution in [0.2, 0.25) is 0 Å². The number of alkyl halides is 3. The first-order chi connectivity index (χ1) is 13.4. The average Bonchev–Trinajstić information content (AvgIpc) is 3.22. The second-order valence-corrected chi connectivity index (χ2v) is 6.41. The Kier molecular flexibility index (Phi) is 5.82. The van der Waals surface area contributed by atoms with Gasteiger partial charge in [-0.15, -0.1) is 0 Å². The summed E-state index contributed by atoms with van der Waals surface area (Å²) < 4.78 is 31.7. The Bertz CT molecular complexity index is 953. The van der Waals surface area contributed by atoms with Crippen molar-refractivity contribution >= 4 is 22.7 Å². The highest BCUT2D eigenvalue weighted by atomic mass is 19.4. The number of rotatable bonds is 2. The maximum absolute atomic E-state index is 10.6. The Hall–Kier alpha value is -3.09. The molecule has 0 saturated carbocycles. The van der Waals surface area contributed by atoms with Crippen LogP contribution in [0.15, 0.2) is 60.7 Å². The van der Waals surface area contributed by atoms with Gasteiger partial charge in [0.25, 0.3) is 0 Å². The number of hydrogen-bond donors (Lipinski definition) is 1.